The van der Waals surface area contributed by atoms with Crippen LogP contribution in [0.5, 0.6) is 0 Å². The van der Waals surface area contributed by atoms with E-state index < -0.39 is 22.6 Å². The lowest BCUT2D eigenvalue weighted by molar-refractivity contribution is 0.0474. The number of nitrogens with zero attached hydrogens (tertiary/aromatic N) is 1. The monoisotopic (exact) mass is 463 g/mol. The number of sulfonamides is 1. The van der Waals surface area contributed by atoms with E-state index in [-0.39, 0.29) is 21.3 Å². The molecule has 1 saturated heterocycles. The number of esters is 1. The standard InChI is InChI=1S/C23H26ClNO5S/c1-15-11-17(3)19(12-16(15)2)22(26)14-30-23(27)20-13-18(7-8-21(20)24)31(28,29)25-9-5-4-6-10-25/h7-8,11-13H,4-6,9-10,14H2,1-3H3. The number of piperidine rings is 1. The fourth-order valence-corrected chi connectivity index (χ4v) is 5.36. The van der Waals surface area contributed by atoms with Crippen LogP contribution in [0, 0.1) is 20.8 Å². The normalized spacial score (nSPS) is 15.0. The second-order valence-electron chi connectivity index (χ2n) is 7.86. The van der Waals surface area contributed by atoms with E-state index in [1.54, 1.807) is 6.07 Å². The number of Topliss-reactive ketones (excluding diaryl/α,β-unsaturated/α-hetero) is 1. The Morgan fingerprint density at radius 2 is 1.58 bits per heavy atom. The molecule has 0 unspecified atom stereocenters. The molecule has 1 aliphatic heterocycles. The van der Waals surface area contributed by atoms with Gasteiger partial charge in [0, 0.05) is 18.7 Å². The molecule has 8 heteroatoms. The van der Waals surface area contributed by atoms with Gasteiger partial charge in [-0.05, 0) is 74.6 Å². The topological polar surface area (TPSA) is 80.8 Å². The van der Waals surface area contributed by atoms with E-state index in [1.807, 2.05) is 26.8 Å². The van der Waals surface area contributed by atoms with E-state index in [4.69, 9.17) is 16.3 Å². The van der Waals surface area contributed by atoms with Gasteiger partial charge in [-0.25, -0.2) is 13.2 Å². The number of hydrogen-bond acceptors (Lipinski definition) is 5. The van der Waals surface area contributed by atoms with Crippen molar-refractivity contribution in [1.29, 1.82) is 0 Å². The predicted molar refractivity (Wildman–Crippen MR) is 119 cm³/mol. The number of benzene rings is 2. The maximum Gasteiger partial charge on any atom is 0.340 e. The Kier molecular flexibility index (Phi) is 7.19. The Balaban J connectivity index is 1.77. The van der Waals surface area contributed by atoms with Crippen molar-refractivity contribution in [3.63, 3.8) is 0 Å². The first-order valence-electron chi connectivity index (χ1n) is 10.2. The summed E-state index contributed by atoms with van der Waals surface area (Å²) in [6, 6.07) is 7.66. The van der Waals surface area contributed by atoms with Gasteiger partial charge in [-0.3, -0.25) is 4.79 Å². The van der Waals surface area contributed by atoms with Crippen LogP contribution in [0.4, 0.5) is 0 Å². The molecule has 3 rings (SSSR count). The molecule has 0 atom stereocenters. The maximum atomic E-state index is 12.9. The fraction of sp³-hybridized carbons (Fsp3) is 0.391. The van der Waals surface area contributed by atoms with Crippen molar-refractivity contribution < 1.29 is 22.7 Å². The Hall–Kier alpha value is -2.22. The second kappa shape index (κ2) is 9.51. The number of ketones is 1. The lowest BCUT2D eigenvalue weighted by Gasteiger charge is -2.26. The molecule has 2 aromatic carbocycles. The zero-order valence-corrected chi connectivity index (χ0v) is 19.5. The van der Waals surface area contributed by atoms with Gasteiger partial charge < -0.3 is 4.74 Å². The SMILES string of the molecule is Cc1cc(C)c(C(=O)COC(=O)c2cc(S(=O)(=O)N3CCCCC3)ccc2Cl)cc1C. The molecule has 166 valence electrons. The van der Waals surface area contributed by atoms with Gasteiger partial charge in [0.1, 0.15) is 0 Å². The molecule has 0 amide bonds. The van der Waals surface area contributed by atoms with Gasteiger partial charge >= 0.3 is 5.97 Å². The summed E-state index contributed by atoms with van der Waals surface area (Å²) in [7, 11) is -3.72. The van der Waals surface area contributed by atoms with Crippen LogP contribution in [0.2, 0.25) is 5.02 Å². The van der Waals surface area contributed by atoms with Crippen molar-refractivity contribution in [3.05, 3.63) is 63.2 Å². The van der Waals surface area contributed by atoms with Gasteiger partial charge in [0.25, 0.3) is 0 Å². The zero-order valence-electron chi connectivity index (χ0n) is 17.9. The molecule has 0 aliphatic carbocycles. The first kappa shape index (κ1) is 23.4. The van der Waals surface area contributed by atoms with Crippen LogP contribution in [0.3, 0.4) is 0 Å². The third-order valence-electron chi connectivity index (χ3n) is 5.59. The van der Waals surface area contributed by atoms with E-state index in [1.165, 1.54) is 22.5 Å². The number of hydrogen-bond donors (Lipinski definition) is 0. The van der Waals surface area contributed by atoms with Crippen molar-refractivity contribution in [2.45, 2.75) is 44.9 Å². The minimum Gasteiger partial charge on any atom is -0.454 e. The van der Waals surface area contributed by atoms with Crippen molar-refractivity contribution in [2.24, 2.45) is 0 Å². The second-order valence-corrected chi connectivity index (χ2v) is 10.2. The molecule has 2 aromatic rings. The van der Waals surface area contributed by atoms with Crippen molar-refractivity contribution in [3.8, 4) is 0 Å². The van der Waals surface area contributed by atoms with Gasteiger partial charge in [-0.2, -0.15) is 4.31 Å². The number of carbonyl (C=O) groups is 2. The van der Waals surface area contributed by atoms with Gasteiger partial charge in [0.05, 0.1) is 15.5 Å². The van der Waals surface area contributed by atoms with Crippen LogP contribution in [-0.2, 0) is 14.8 Å². The van der Waals surface area contributed by atoms with Gasteiger partial charge in [-0.15, -0.1) is 0 Å². The first-order chi connectivity index (χ1) is 14.6. The largest absolute Gasteiger partial charge is 0.454 e. The Bertz CT molecular complexity index is 1120. The average Bonchev–Trinajstić information content (AvgIpc) is 2.75. The Labute approximate surface area is 188 Å². The minimum absolute atomic E-state index is 0.0120. The molecule has 1 heterocycles. The number of aryl methyl sites for hydroxylation is 3. The fourth-order valence-electron chi connectivity index (χ4n) is 3.62. The molecule has 0 aromatic heterocycles. The molecule has 1 aliphatic rings. The van der Waals surface area contributed by atoms with E-state index in [0.29, 0.717) is 18.7 Å². The third kappa shape index (κ3) is 5.17. The lowest BCUT2D eigenvalue weighted by atomic mass is 9.98. The third-order valence-corrected chi connectivity index (χ3v) is 7.81. The summed E-state index contributed by atoms with van der Waals surface area (Å²) in [5, 5.41) is 0.0670. The quantitative estimate of drug-likeness (QED) is 0.466. The molecule has 0 bridgehead atoms. The minimum atomic E-state index is -3.72. The highest BCUT2D eigenvalue weighted by Gasteiger charge is 2.27. The average molecular weight is 464 g/mol. The summed E-state index contributed by atoms with van der Waals surface area (Å²) in [5.74, 6) is -1.17. The molecule has 0 N–H and O–H groups in total. The van der Waals surface area contributed by atoms with Crippen LogP contribution >= 0.6 is 11.6 Å². The van der Waals surface area contributed by atoms with Crippen LogP contribution in [0.15, 0.2) is 35.2 Å². The van der Waals surface area contributed by atoms with E-state index >= 15 is 0 Å². The summed E-state index contributed by atoms with van der Waals surface area (Å²) in [4.78, 5) is 25.2. The van der Waals surface area contributed by atoms with Crippen molar-refractivity contribution in [2.75, 3.05) is 19.7 Å². The number of carbonyl (C=O) groups excluding carboxylic acids is 2. The highest BCUT2D eigenvalue weighted by Crippen LogP contribution is 2.26. The molecular weight excluding hydrogens is 438 g/mol. The first-order valence-corrected chi connectivity index (χ1v) is 12.0. The number of halogens is 1. The number of ether oxygens (including phenoxy) is 1. The van der Waals surface area contributed by atoms with E-state index in [0.717, 1.165) is 36.0 Å². The van der Waals surface area contributed by atoms with Gasteiger partial charge in [0.2, 0.25) is 15.8 Å². The van der Waals surface area contributed by atoms with Crippen molar-refractivity contribution >= 4 is 33.4 Å². The molecule has 1 fully saturated rings. The smallest absolute Gasteiger partial charge is 0.340 e. The van der Waals surface area contributed by atoms with Crippen LogP contribution in [-0.4, -0.2) is 44.2 Å². The molecule has 31 heavy (non-hydrogen) atoms. The molecule has 0 radical (unpaired) electrons. The maximum absolute atomic E-state index is 12.9. The van der Waals surface area contributed by atoms with Crippen LogP contribution in [0.1, 0.15) is 56.7 Å². The summed E-state index contributed by atoms with van der Waals surface area (Å²) >= 11 is 6.13. The Morgan fingerprint density at radius 3 is 2.26 bits per heavy atom. The summed E-state index contributed by atoms with van der Waals surface area (Å²) < 4.78 is 32.4. The van der Waals surface area contributed by atoms with Crippen LogP contribution < -0.4 is 0 Å². The molecular formula is C23H26ClNO5S. The molecule has 0 saturated carbocycles. The zero-order chi connectivity index (χ0) is 22.8. The molecule has 0 spiro atoms. The van der Waals surface area contributed by atoms with Crippen molar-refractivity contribution in [1.82, 2.24) is 4.31 Å². The summed E-state index contributed by atoms with van der Waals surface area (Å²) in [6.07, 6.45) is 2.61. The Morgan fingerprint density at radius 1 is 0.935 bits per heavy atom. The highest BCUT2D eigenvalue weighted by molar-refractivity contribution is 7.89. The van der Waals surface area contributed by atoms with Gasteiger partial charge in [0.15, 0.2) is 6.61 Å². The lowest BCUT2D eigenvalue weighted by Crippen LogP contribution is -2.35. The number of rotatable bonds is 6. The highest BCUT2D eigenvalue weighted by atomic mass is 35.5. The van der Waals surface area contributed by atoms with Gasteiger partial charge in [-0.1, -0.05) is 24.1 Å². The summed E-state index contributed by atoms with van der Waals surface area (Å²) in [6.45, 7) is 6.15. The van der Waals surface area contributed by atoms with E-state index in [2.05, 4.69) is 0 Å². The predicted octanol–water partition coefficient (Wildman–Crippen LogP) is 4.48. The summed E-state index contributed by atoms with van der Waals surface area (Å²) in [5.41, 5.74) is 3.26. The molecule has 6 nitrogen and oxygen atoms in total. The van der Waals surface area contributed by atoms with E-state index in [9.17, 15) is 18.0 Å². The van der Waals surface area contributed by atoms with Crippen LogP contribution in [0.25, 0.3) is 0 Å².